The molecule has 1 fully saturated rings. The van der Waals surface area contributed by atoms with Crippen molar-refractivity contribution >= 4 is 0 Å². The lowest BCUT2D eigenvalue weighted by atomic mass is 10.1. The van der Waals surface area contributed by atoms with Gasteiger partial charge in [-0.25, -0.2) is 4.68 Å². The van der Waals surface area contributed by atoms with Crippen molar-refractivity contribution in [3.05, 3.63) is 17.0 Å². The first kappa shape index (κ1) is 10.6. The second-order valence-electron chi connectivity index (χ2n) is 4.04. The van der Waals surface area contributed by atoms with E-state index in [0.717, 1.165) is 36.4 Å². The molecular formula is C11H18N2O2. The van der Waals surface area contributed by atoms with E-state index in [1.807, 2.05) is 18.5 Å². The Kier molecular flexibility index (Phi) is 3.07. The molecule has 1 aliphatic heterocycles. The Hall–Kier alpha value is -0.870. The molecule has 15 heavy (non-hydrogen) atoms. The second-order valence-corrected chi connectivity index (χ2v) is 4.04. The second kappa shape index (κ2) is 4.33. The van der Waals surface area contributed by atoms with E-state index in [0.29, 0.717) is 6.42 Å². The van der Waals surface area contributed by atoms with E-state index in [1.165, 1.54) is 0 Å². The van der Waals surface area contributed by atoms with Crippen LogP contribution in [0.5, 0.6) is 0 Å². The molecule has 4 nitrogen and oxygen atoms in total. The number of ether oxygens (including phenoxy) is 1. The first-order valence-corrected chi connectivity index (χ1v) is 5.51. The molecule has 84 valence electrons. The highest BCUT2D eigenvalue weighted by atomic mass is 16.5. The summed E-state index contributed by atoms with van der Waals surface area (Å²) in [7, 11) is 0. The average Bonchev–Trinajstić information content (AvgIpc) is 2.81. The fourth-order valence-corrected chi connectivity index (χ4v) is 2.20. The molecule has 0 radical (unpaired) electrons. The zero-order valence-electron chi connectivity index (χ0n) is 9.36. The Morgan fingerprint density at radius 2 is 2.33 bits per heavy atom. The molecule has 0 aliphatic carbocycles. The van der Waals surface area contributed by atoms with Crippen LogP contribution < -0.4 is 0 Å². The van der Waals surface area contributed by atoms with Gasteiger partial charge in [0.2, 0.25) is 0 Å². The maximum absolute atomic E-state index is 8.97. The number of rotatable bonds is 3. The van der Waals surface area contributed by atoms with E-state index in [-0.39, 0.29) is 12.8 Å². The van der Waals surface area contributed by atoms with E-state index in [9.17, 15) is 0 Å². The van der Waals surface area contributed by atoms with Crippen molar-refractivity contribution in [3.63, 3.8) is 0 Å². The largest absolute Gasteiger partial charge is 0.396 e. The topological polar surface area (TPSA) is 47.3 Å². The van der Waals surface area contributed by atoms with Gasteiger partial charge in [-0.3, -0.25) is 0 Å². The Morgan fingerprint density at radius 3 is 2.93 bits per heavy atom. The standard InChI is InChI=1S/C11H18N2O2/c1-8-10(5-6-14)9(2)13(12-8)11-4-3-7-15-11/h11,14H,3-7H2,1-2H3. The summed E-state index contributed by atoms with van der Waals surface area (Å²) in [5, 5.41) is 13.5. The van der Waals surface area contributed by atoms with Gasteiger partial charge in [0.15, 0.2) is 6.23 Å². The number of aryl methyl sites for hydroxylation is 1. The van der Waals surface area contributed by atoms with E-state index in [4.69, 9.17) is 9.84 Å². The van der Waals surface area contributed by atoms with E-state index in [1.54, 1.807) is 0 Å². The maximum Gasteiger partial charge on any atom is 0.150 e. The first-order chi connectivity index (χ1) is 7.24. The minimum Gasteiger partial charge on any atom is -0.396 e. The quantitative estimate of drug-likeness (QED) is 0.819. The van der Waals surface area contributed by atoms with Gasteiger partial charge in [0.1, 0.15) is 0 Å². The normalized spacial score (nSPS) is 21.1. The van der Waals surface area contributed by atoms with Gasteiger partial charge in [-0.15, -0.1) is 0 Å². The molecule has 1 aromatic rings. The summed E-state index contributed by atoms with van der Waals surface area (Å²) in [6.07, 6.45) is 2.94. The number of aromatic nitrogens is 2. The summed E-state index contributed by atoms with van der Waals surface area (Å²) in [5.74, 6) is 0. The highest BCUT2D eigenvalue weighted by Crippen LogP contribution is 2.26. The molecule has 0 saturated carbocycles. The zero-order valence-corrected chi connectivity index (χ0v) is 9.36. The first-order valence-electron chi connectivity index (χ1n) is 5.51. The minimum absolute atomic E-state index is 0.108. The summed E-state index contributed by atoms with van der Waals surface area (Å²) < 4.78 is 7.57. The van der Waals surface area contributed by atoms with Crippen LogP contribution in [0.3, 0.4) is 0 Å². The van der Waals surface area contributed by atoms with Crippen LogP contribution in [0.4, 0.5) is 0 Å². The van der Waals surface area contributed by atoms with Gasteiger partial charge in [0.25, 0.3) is 0 Å². The molecule has 1 unspecified atom stereocenters. The molecule has 2 heterocycles. The lowest BCUT2D eigenvalue weighted by molar-refractivity contribution is 0.0448. The van der Waals surface area contributed by atoms with Crippen molar-refractivity contribution in [1.82, 2.24) is 9.78 Å². The van der Waals surface area contributed by atoms with E-state index < -0.39 is 0 Å². The van der Waals surface area contributed by atoms with Crippen molar-refractivity contribution < 1.29 is 9.84 Å². The number of aliphatic hydroxyl groups excluding tert-OH is 1. The third kappa shape index (κ3) is 1.92. The molecule has 0 amide bonds. The lowest BCUT2D eigenvalue weighted by Gasteiger charge is -2.12. The van der Waals surface area contributed by atoms with Crippen molar-refractivity contribution in [1.29, 1.82) is 0 Å². The Morgan fingerprint density at radius 1 is 1.53 bits per heavy atom. The van der Waals surface area contributed by atoms with Crippen LogP contribution in [0.1, 0.15) is 36.0 Å². The summed E-state index contributed by atoms with van der Waals surface area (Å²) in [6, 6.07) is 0. The zero-order chi connectivity index (χ0) is 10.8. The number of hydrogen-bond acceptors (Lipinski definition) is 3. The fraction of sp³-hybridized carbons (Fsp3) is 0.727. The molecule has 2 rings (SSSR count). The minimum atomic E-state index is 0.108. The van der Waals surface area contributed by atoms with Crippen molar-refractivity contribution in [2.75, 3.05) is 13.2 Å². The number of hydrogen-bond donors (Lipinski definition) is 1. The predicted molar refractivity (Wildman–Crippen MR) is 56.7 cm³/mol. The summed E-state index contributed by atoms with van der Waals surface area (Å²) in [4.78, 5) is 0. The average molecular weight is 210 g/mol. The van der Waals surface area contributed by atoms with Gasteiger partial charge in [0.05, 0.1) is 5.69 Å². The van der Waals surface area contributed by atoms with E-state index in [2.05, 4.69) is 5.10 Å². The highest BCUT2D eigenvalue weighted by Gasteiger charge is 2.22. The summed E-state index contributed by atoms with van der Waals surface area (Å²) in [6.45, 7) is 5.05. The van der Waals surface area contributed by atoms with Gasteiger partial charge in [-0.1, -0.05) is 0 Å². The Labute approximate surface area is 89.9 Å². The van der Waals surface area contributed by atoms with Crippen LogP contribution in [-0.2, 0) is 11.2 Å². The van der Waals surface area contributed by atoms with Crippen LogP contribution >= 0.6 is 0 Å². The van der Waals surface area contributed by atoms with Crippen LogP contribution in [0.25, 0.3) is 0 Å². The highest BCUT2D eigenvalue weighted by molar-refractivity contribution is 5.25. The molecule has 4 heteroatoms. The van der Waals surface area contributed by atoms with Gasteiger partial charge < -0.3 is 9.84 Å². The Bertz CT molecular complexity index is 341. The van der Waals surface area contributed by atoms with Crippen molar-refractivity contribution in [2.24, 2.45) is 0 Å². The Balaban J connectivity index is 2.27. The van der Waals surface area contributed by atoms with Crippen molar-refractivity contribution in [3.8, 4) is 0 Å². The van der Waals surface area contributed by atoms with Crippen molar-refractivity contribution in [2.45, 2.75) is 39.3 Å². The van der Waals surface area contributed by atoms with Crippen LogP contribution in [-0.4, -0.2) is 28.1 Å². The molecule has 1 saturated heterocycles. The molecule has 1 aromatic heterocycles. The maximum atomic E-state index is 8.97. The molecule has 1 N–H and O–H groups in total. The summed E-state index contributed by atoms with van der Waals surface area (Å²) >= 11 is 0. The molecule has 0 aromatic carbocycles. The van der Waals surface area contributed by atoms with Gasteiger partial charge in [-0.05, 0) is 38.7 Å². The molecular weight excluding hydrogens is 192 g/mol. The van der Waals surface area contributed by atoms with Crippen LogP contribution in [0, 0.1) is 13.8 Å². The van der Waals surface area contributed by atoms with Gasteiger partial charge >= 0.3 is 0 Å². The molecule has 1 atom stereocenters. The molecule has 1 aliphatic rings. The molecule has 0 spiro atoms. The number of nitrogens with zero attached hydrogens (tertiary/aromatic N) is 2. The smallest absolute Gasteiger partial charge is 0.150 e. The monoisotopic (exact) mass is 210 g/mol. The third-order valence-electron chi connectivity index (χ3n) is 3.02. The molecule has 0 bridgehead atoms. The number of aliphatic hydroxyl groups is 1. The van der Waals surface area contributed by atoms with Gasteiger partial charge in [-0.2, -0.15) is 5.10 Å². The SMILES string of the molecule is Cc1nn(C2CCCO2)c(C)c1CCO. The van der Waals surface area contributed by atoms with Crippen LogP contribution in [0.15, 0.2) is 0 Å². The predicted octanol–water partition coefficient (Wildman–Crippen LogP) is 1.34. The lowest BCUT2D eigenvalue weighted by Crippen LogP contribution is -2.11. The third-order valence-corrected chi connectivity index (χ3v) is 3.02. The van der Waals surface area contributed by atoms with Crippen LogP contribution in [0.2, 0.25) is 0 Å². The van der Waals surface area contributed by atoms with Gasteiger partial charge in [0, 0.05) is 18.9 Å². The van der Waals surface area contributed by atoms with E-state index >= 15 is 0 Å². The fourth-order valence-electron chi connectivity index (χ4n) is 2.20. The summed E-state index contributed by atoms with van der Waals surface area (Å²) in [5.41, 5.74) is 3.30.